The summed E-state index contributed by atoms with van der Waals surface area (Å²) in [7, 11) is 0. The van der Waals surface area contributed by atoms with E-state index in [1.165, 1.54) is 6.08 Å². The van der Waals surface area contributed by atoms with Gasteiger partial charge in [-0.3, -0.25) is 9.59 Å². The van der Waals surface area contributed by atoms with Crippen LogP contribution >= 0.6 is 0 Å². The van der Waals surface area contributed by atoms with E-state index in [4.69, 9.17) is 5.73 Å². The third kappa shape index (κ3) is 3.54. The second-order valence-electron chi connectivity index (χ2n) is 7.18. The number of alkyl halides is 2. The normalized spacial score (nSPS) is 19.9. The van der Waals surface area contributed by atoms with Gasteiger partial charge in [-0.15, -0.1) is 0 Å². The first-order valence-electron chi connectivity index (χ1n) is 9.06. The van der Waals surface area contributed by atoms with Gasteiger partial charge < -0.3 is 20.5 Å². The molecule has 1 saturated carbocycles. The SMILES string of the molecule is NC(=O)/C=C/c1c[nH]c2ncc(N3CCN(C(=O)C4CC(F)(F)C4)CC3)nc12. The first kappa shape index (κ1) is 18.3. The van der Waals surface area contributed by atoms with E-state index >= 15 is 0 Å². The van der Waals surface area contributed by atoms with E-state index in [0.29, 0.717) is 48.7 Å². The van der Waals surface area contributed by atoms with Crippen molar-refractivity contribution in [2.75, 3.05) is 31.1 Å². The van der Waals surface area contributed by atoms with Crippen LogP contribution in [0.5, 0.6) is 0 Å². The first-order valence-corrected chi connectivity index (χ1v) is 9.06. The number of anilines is 1. The predicted octanol–water partition coefficient (Wildman–Crippen LogP) is 1.15. The molecule has 2 aromatic rings. The molecule has 0 spiro atoms. The number of carbonyl (C=O) groups is 2. The Balaban J connectivity index is 1.43. The molecule has 0 radical (unpaired) electrons. The van der Waals surface area contributed by atoms with Gasteiger partial charge in [-0.1, -0.05) is 0 Å². The summed E-state index contributed by atoms with van der Waals surface area (Å²) < 4.78 is 26.0. The molecular formula is C18H20F2N6O2. The molecule has 2 fully saturated rings. The zero-order valence-corrected chi connectivity index (χ0v) is 15.1. The highest BCUT2D eigenvalue weighted by Gasteiger charge is 2.49. The summed E-state index contributed by atoms with van der Waals surface area (Å²) in [6.07, 6.45) is 5.48. The molecule has 3 heterocycles. The minimum Gasteiger partial charge on any atom is -0.366 e. The van der Waals surface area contributed by atoms with Crippen molar-refractivity contribution in [1.82, 2.24) is 19.9 Å². The van der Waals surface area contributed by atoms with Crippen LogP contribution in [0.15, 0.2) is 18.5 Å². The van der Waals surface area contributed by atoms with Gasteiger partial charge >= 0.3 is 0 Å². The Morgan fingerprint density at radius 1 is 1.25 bits per heavy atom. The minimum atomic E-state index is -2.69. The minimum absolute atomic E-state index is 0.184. The molecule has 0 unspecified atom stereocenters. The highest BCUT2D eigenvalue weighted by atomic mass is 19.3. The Morgan fingerprint density at radius 3 is 2.61 bits per heavy atom. The molecule has 0 bridgehead atoms. The summed E-state index contributed by atoms with van der Waals surface area (Å²) in [5.41, 5.74) is 7.04. The van der Waals surface area contributed by atoms with E-state index < -0.39 is 17.7 Å². The number of primary amides is 1. The number of hydrogen-bond donors (Lipinski definition) is 2. The lowest BCUT2D eigenvalue weighted by atomic mass is 9.80. The van der Waals surface area contributed by atoms with E-state index in [2.05, 4.69) is 15.0 Å². The Bertz CT molecular complexity index is 941. The summed E-state index contributed by atoms with van der Waals surface area (Å²) in [5.74, 6) is -3.33. The van der Waals surface area contributed by atoms with Crippen molar-refractivity contribution in [3.8, 4) is 0 Å². The smallest absolute Gasteiger partial charge is 0.249 e. The third-order valence-electron chi connectivity index (χ3n) is 5.18. The number of piperazine rings is 1. The quantitative estimate of drug-likeness (QED) is 0.762. The maximum absolute atomic E-state index is 13.0. The van der Waals surface area contributed by atoms with Gasteiger partial charge in [0, 0.05) is 62.8 Å². The number of H-pyrrole nitrogens is 1. The van der Waals surface area contributed by atoms with Crippen molar-refractivity contribution in [1.29, 1.82) is 0 Å². The lowest BCUT2D eigenvalue weighted by Gasteiger charge is -2.40. The monoisotopic (exact) mass is 390 g/mol. The van der Waals surface area contributed by atoms with E-state index in [1.54, 1.807) is 23.4 Å². The van der Waals surface area contributed by atoms with Crippen LogP contribution in [0.3, 0.4) is 0 Å². The Hall–Kier alpha value is -3.04. The predicted molar refractivity (Wildman–Crippen MR) is 98.6 cm³/mol. The van der Waals surface area contributed by atoms with Gasteiger partial charge in [-0.25, -0.2) is 18.7 Å². The maximum atomic E-state index is 13.0. The number of nitrogens with zero attached hydrogens (tertiary/aromatic N) is 4. The van der Waals surface area contributed by atoms with Crippen LogP contribution < -0.4 is 10.6 Å². The van der Waals surface area contributed by atoms with Crippen LogP contribution in [0.2, 0.25) is 0 Å². The van der Waals surface area contributed by atoms with Gasteiger partial charge in [0.05, 0.1) is 6.20 Å². The molecule has 2 aliphatic rings. The van der Waals surface area contributed by atoms with Crippen molar-refractivity contribution < 1.29 is 18.4 Å². The molecule has 148 valence electrons. The Labute approximate surface area is 159 Å². The van der Waals surface area contributed by atoms with E-state index in [9.17, 15) is 18.4 Å². The van der Waals surface area contributed by atoms with Crippen molar-refractivity contribution >= 4 is 34.9 Å². The number of nitrogens with two attached hydrogens (primary N) is 1. The number of fused-ring (bicyclic) bond motifs is 1. The average molecular weight is 390 g/mol. The van der Waals surface area contributed by atoms with Gasteiger partial charge in [-0.2, -0.15) is 0 Å². The molecule has 8 nitrogen and oxygen atoms in total. The molecule has 1 saturated heterocycles. The topological polar surface area (TPSA) is 108 Å². The molecule has 10 heteroatoms. The standard InChI is InChI=1S/C18H20F2N6O2/c19-18(20)7-12(8-18)17(28)26-5-3-25(4-6-26)14-10-23-16-15(24-14)11(9-22-16)1-2-13(21)27/h1-2,9-10,12H,3-8H2,(H2,21,27)(H,22,23)/b2-1+. The van der Waals surface area contributed by atoms with Crippen LogP contribution in [-0.2, 0) is 9.59 Å². The molecular weight excluding hydrogens is 370 g/mol. The van der Waals surface area contributed by atoms with Crippen LogP contribution in [0, 0.1) is 5.92 Å². The zero-order chi connectivity index (χ0) is 19.9. The first-order chi connectivity index (χ1) is 13.3. The molecule has 2 aromatic heterocycles. The number of hydrogen-bond acceptors (Lipinski definition) is 5. The van der Waals surface area contributed by atoms with Crippen molar-refractivity contribution in [2.24, 2.45) is 11.7 Å². The average Bonchev–Trinajstić information content (AvgIpc) is 3.06. The molecule has 0 aromatic carbocycles. The van der Waals surface area contributed by atoms with Gasteiger partial charge in [-0.05, 0) is 6.08 Å². The number of rotatable bonds is 4. The largest absolute Gasteiger partial charge is 0.366 e. The number of nitrogens with one attached hydrogen (secondary N) is 1. The molecule has 1 aliphatic carbocycles. The van der Waals surface area contributed by atoms with Crippen molar-refractivity contribution in [3.63, 3.8) is 0 Å². The Morgan fingerprint density at radius 2 is 1.96 bits per heavy atom. The zero-order valence-electron chi connectivity index (χ0n) is 15.1. The van der Waals surface area contributed by atoms with Crippen LogP contribution in [0.1, 0.15) is 18.4 Å². The van der Waals surface area contributed by atoms with Crippen LogP contribution in [-0.4, -0.2) is 63.8 Å². The molecule has 28 heavy (non-hydrogen) atoms. The van der Waals surface area contributed by atoms with Crippen molar-refractivity contribution in [2.45, 2.75) is 18.8 Å². The second kappa shape index (κ2) is 6.84. The number of aromatic amines is 1. The summed E-state index contributed by atoms with van der Waals surface area (Å²) in [5, 5.41) is 0. The molecule has 0 atom stereocenters. The number of halogens is 2. The molecule has 3 N–H and O–H groups in total. The molecule has 2 amide bonds. The molecule has 1 aliphatic heterocycles. The fourth-order valence-electron chi connectivity index (χ4n) is 3.60. The third-order valence-corrected chi connectivity index (χ3v) is 5.18. The van der Waals surface area contributed by atoms with Gasteiger partial charge in [0.15, 0.2) is 5.65 Å². The van der Waals surface area contributed by atoms with Gasteiger partial charge in [0.2, 0.25) is 17.7 Å². The molecule has 4 rings (SSSR count). The fraction of sp³-hybridized carbons (Fsp3) is 0.444. The van der Waals surface area contributed by atoms with E-state index in [0.717, 1.165) is 0 Å². The highest BCUT2D eigenvalue weighted by Crippen LogP contribution is 2.43. The lowest BCUT2D eigenvalue weighted by molar-refractivity contribution is -0.160. The van der Waals surface area contributed by atoms with E-state index in [-0.39, 0.29) is 18.7 Å². The lowest BCUT2D eigenvalue weighted by Crippen LogP contribution is -2.53. The van der Waals surface area contributed by atoms with Crippen LogP contribution in [0.25, 0.3) is 17.2 Å². The number of carbonyl (C=O) groups excluding carboxylic acids is 2. The summed E-state index contributed by atoms with van der Waals surface area (Å²) in [6.45, 7) is 2.02. The number of aromatic nitrogens is 3. The Kier molecular flexibility index (Phi) is 4.48. The fourth-order valence-corrected chi connectivity index (χ4v) is 3.60. The van der Waals surface area contributed by atoms with Gasteiger partial charge in [0.25, 0.3) is 0 Å². The van der Waals surface area contributed by atoms with E-state index in [1.807, 2.05) is 4.90 Å². The maximum Gasteiger partial charge on any atom is 0.249 e. The second-order valence-corrected chi connectivity index (χ2v) is 7.18. The van der Waals surface area contributed by atoms with Crippen molar-refractivity contribution in [3.05, 3.63) is 24.0 Å². The van der Waals surface area contributed by atoms with Gasteiger partial charge in [0.1, 0.15) is 11.3 Å². The highest BCUT2D eigenvalue weighted by molar-refractivity contribution is 5.93. The summed E-state index contributed by atoms with van der Waals surface area (Å²) in [4.78, 5) is 38.9. The van der Waals surface area contributed by atoms with Crippen LogP contribution in [0.4, 0.5) is 14.6 Å². The summed E-state index contributed by atoms with van der Waals surface area (Å²) >= 11 is 0. The number of amides is 2. The summed E-state index contributed by atoms with van der Waals surface area (Å²) in [6, 6.07) is 0.